The first kappa shape index (κ1) is 21.4. The van der Waals surface area contributed by atoms with Crippen molar-refractivity contribution in [3.63, 3.8) is 0 Å². The molecule has 4 aromatic rings. The molecule has 2 aliphatic rings. The minimum Gasteiger partial charge on any atom is -0.616 e. The van der Waals surface area contributed by atoms with Gasteiger partial charge in [0.25, 0.3) is 11.5 Å². The minimum absolute atomic E-state index is 0.0456. The molecule has 4 heterocycles. The Morgan fingerprint density at radius 2 is 1.85 bits per heavy atom. The number of benzene rings is 2. The number of hydrogen-bond acceptors (Lipinski definition) is 5. The van der Waals surface area contributed by atoms with Gasteiger partial charge in [-0.15, -0.1) is 10.2 Å². The number of amides is 1. The van der Waals surface area contributed by atoms with Gasteiger partial charge in [-0.05, 0) is 54.5 Å². The summed E-state index contributed by atoms with van der Waals surface area (Å²) in [4.78, 5) is 30.9. The number of nitrogens with one attached hydrogen (secondary N) is 1. The third kappa shape index (κ3) is 3.59. The van der Waals surface area contributed by atoms with E-state index in [1.807, 2.05) is 34.4 Å². The van der Waals surface area contributed by atoms with Crippen molar-refractivity contribution in [1.29, 1.82) is 0 Å². The van der Waals surface area contributed by atoms with E-state index in [4.69, 9.17) is 0 Å². The first-order chi connectivity index (χ1) is 16.5. The first-order valence-electron chi connectivity index (χ1n) is 11.6. The van der Waals surface area contributed by atoms with Crippen molar-refractivity contribution >= 4 is 33.8 Å². The van der Waals surface area contributed by atoms with Gasteiger partial charge in [-0.2, -0.15) is 0 Å². The molecular formula is C25H25N5O3S. The normalized spacial score (nSPS) is 20.2. The van der Waals surface area contributed by atoms with Gasteiger partial charge in [0.15, 0.2) is 0 Å². The summed E-state index contributed by atoms with van der Waals surface area (Å²) in [6.07, 6.45) is 2.46. The number of hydrogen-bond donors (Lipinski definition) is 1. The molecule has 174 valence electrons. The Kier molecular flexibility index (Phi) is 5.18. The third-order valence-corrected chi connectivity index (χ3v) is 8.48. The molecule has 0 spiro atoms. The standard InChI is InChI=1S/C25H25N5O3S/c1-15-10-21-20(12-19(15)25(32)29-13-17-4-2-3-5-18(17)14-29)26-24(31)23-28-27-22(30(21)23)11-16-6-8-34(33)9-7-16/h2-5,10,12,16H,6-9,11,13-14H2,1H3,(H,26,31). The molecule has 2 aromatic heterocycles. The monoisotopic (exact) mass is 475 g/mol. The molecule has 1 fully saturated rings. The molecule has 0 aliphatic carbocycles. The van der Waals surface area contributed by atoms with E-state index in [0.29, 0.717) is 48.0 Å². The van der Waals surface area contributed by atoms with Crippen molar-refractivity contribution in [2.24, 2.45) is 5.92 Å². The third-order valence-electron chi connectivity index (χ3n) is 7.10. The summed E-state index contributed by atoms with van der Waals surface area (Å²) in [6, 6.07) is 11.8. The van der Waals surface area contributed by atoms with E-state index in [2.05, 4.69) is 27.3 Å². The van der Waals surface area contributed by atoms with Crippen LogP contribution in [0.3, 0.4) is 0 Å². The predicted molar refractivity (Wildman–Crippen MR) is 130 cm³/mol. The van der Waals surface area contributed by atoms with E-state index in [9.17, 15) is 14.1 Å². The van der Waals surface area contributed by atoms with Crippen LogP contribution in [0, 0.1) is 12.8 Å². The van der Waals surface area contributed by atoms with Crippen molar-refractivity contribution in [3.8, 4) is 0 Å². The van der Waals surface area contributed by atoms with Gasteiger partial charge in [0.2, 0.25) is 5.65 Å². The van der Waals surface area contributed by atoms with Crippen molar-refractivity contribution in [3.05, 3.63) is 74.8 Å². The number of aromatic amines is 1. The van der Waals surface area contributed by atoms with Crippen LogP contribution in [-0.2, 0) is 30.7 Å². The van der Waals surface area contributed by atoms with Gasteiger partial charge in [-0.25, -0.2) is 0 Å². The zero-order valence-corrected chi connectivity index (χ0v) is 19.7. The number of rotatable bonds is 3. The molecule has 0 radical (unpaired) electrons. The second kappa shape index (κ2) is 8.25. The molecule has 2 aliphatic heterocycles. The fourth-order valence-corrected chi connectivity index (χ4v) is 6.58. The van der Waals surface area contributed by atoms with Crippen molar-refractivity contribution in [1.82, 2.24) is 24.5 Å². The molecule has 9 heteroatoms. The van der Waals surface area contributed by atoms with Crippen molar-refractivity contribution in [2.45, 2.75) is 39.3 Å². The topological polar surface area (TPSA) is 106 Å². The van der Waals surface area contributed by atoms with Crippen molar-refractivity contribution < 1.29 is 9.35 Å². The Morgan fingerprint density at radius 3 is 2.56 bits per heavy atom. The first-order valence-corrected chi connectivity index (χ1v) is 13.1. The van der Waals surface area contributed by atoms with Crippen molar-refractivity contribution in [2.75, 3.05) is 11.5 Å². The molecule has 0 saturated carbocycles. The molecule has 6 rings (SSSR count). The maximum absolute atomic E-state index is 13.4. The molecule has 34 heavy (non-hydrogen) atoms. The van der Waals surface area contributed by atoms with Crippen LogP contribution in [0.2, 0.25) is 0 Å². The summed E-state index contributed by atoms with van der Waals surface area (Å²) in [5.74, 6) is 2.49. The molecule has 0 atom stereocenters. The Hall–Kier alpha value is -3.17. The van der Waals surface area contributed by atoms with Crippen LogP contribution in [0.15, 0.2) is 41.2 Å². The van der Waals surface area contributed by atoms with Crippen LogP contribution in [0.25, 0.3) is 16.7 Å². The van der Waals surface area contributed by atoms with Crippen LogP contribution in [0.5, 0.6) is 0 Å². The summed E-state index contributed by atoms with van der Waals surface area (Å²) in [7, 11) is 0. The predicted octanol–water partition coefficient (Wildman–Crippen LogP) is 2.74. The molecule has 2 aromatic carbocycles. The zero-order chi connectivity index (χ0) is 23.4. The smallest absolute Gasteiger partial charge is 0.294 e. The summed E-state index contributed by atoms with van der Waals surface area (Å²) >= 11 is -0.721. The number of fused-ring (bicyclic) bond motifs is 4. The van der Waals surface area contributed by atoms with Gasteiger partial charge in [0.1, 0.15) is 17.3 Å². The van der Waals surface area contributed by atoms with Crippen LogP contribution in [0.4, 0.5) is 0 Å². The Labute approximate surface area is 199 Å². The van der Waals surface area contributed by atoms with E-state index < -0.39 is 11.2 Å². The number of carbonyl (C=O) groups excluding carboxylic acids is 1. The molecule has 1 N–H and O–H groups in total. The number of aryl methyl sites for hydroxylation is 1. The molecule has 1 saturated heterocycles. The lowest BCUT2D eigenvalue weighted by atomic mass is 9.98. The molecule has 8 nitrogen and oxygen atoms in total. The quantitative estimate of drug-likeness (QED) is 0.459. The second-order valence-electron chi connectivity index (χ2n) is 9.34. The number of carbonyl (C=O) groups is 1. The zero-order valence-electron chi connectivity index (χ0n) is 18.9. The Bertz CT molecular complexity index is 1460. The number of H-pyrrole nitrogens is 1. The average molecular weight is 476 g/mol. The van der Waals surface area contributed by atoms with Gasteiger partial charge in [0, 0.05) is 25.1 Å². The van der Waals surface area contributed by atoms with Gasteiger partial charge in [-0.3, -0.25) is 14.0 Å². The average Bonchev–Trinajstić information content (AvgIpc) is 3.45. The van der Waals surface area contributed by atoms with E-state index in [-0.39, 0.29) is 17.1 Å². The molecular weight excluding hydrogens is 450 g/mol. The lowest BCUT2D eigenvalue weighted by molar-refractivity contribution is 0.0751. The van der Waals surface area contributed by atoms with Gasteiger partial charge in [-0.1, -0.05) is 35.4 Å². The largest absolute Gasteiger partial charge is 0.616 e. The maximum atomic E-state index is 13.4. The summed E-state index contributed by atoms with van der Waals surface area (Å²) < 4.78 is 13.6. The Morgan fingerprint density at radius 1 is 1.15 bits per heavy atom. The molecule has 1 amide bonds. The van der Waals surface area contributed by atoms with Gasteiger partial charge < -0.3 is 14.4 Å². The summed E-state index contributed by atoms with van der Waals surface area (Å²) in [5, 5.41) is 8.49. The second-order valence-corrected chi connectivity index (χ2v) is 11.0. The van der Waals surface area contributed by atoms with E-state index in [0.717, 1.165) is 29.7 Å². The van der Waals surface area contributed by atoms with E-state index in [1.165, 1.54) is 11.1 Å². The van der Waals surface area contributed by atoms with Gasteiger partial charge >= 0.3 is 0 Å². The maximum Gasteiger partial charge on any atom is 0.294 e. The SMILES string of the molecule is Cc1cc2c(cc1C(=O)N1Cc3ccccc3C1)[nH]c(=O)c1nnc(CC3CC[S+]([O-])CC3)n12. The highest BCUT2D eigenvalue weighted by atomic mass is 32.2. The lowest BCUT2D eigenvalue weighted by Gasteiger charge is -2.23. The van der Waals surface area contributed by atoms with E-state index in [1.54, 1.807) is 6.07 Å². The van der Waals surface area contributed by atoms with Crippen LogP contribution < -0.4 is 5.56 Å². The number of aromatic nitrogens is 4. The highest BCUT2D eigenvalue weighted by Crippen LogP contribution is 2.28. The molecule has 0 bridgehead atoms. The number of nitrogens with zero attached hydrogens (tertiary/aromatic N) is 4. The molecule has 0 unspecified atom stereocenters. The van der Waals surface area contributed by atoms with Crippen LogP contribution in [0.1, 0.15) is 45.7 Å². The fraction of sp³-hybridized carbons (Fsp3) is 0.360. The summed E-state index contributed by atoms with van der Waals surface area (Å²) in [6.45, 7) is 3.10. The lowest BCUT2D eigenvalue weighted by Crippen LogP contribution is -2.26. The Balaban J connectivity index is 1.38. The van der Waals surface area contributed by atoms with Crippen LogP contribution in [-0.4, -0.2) is 46.4 Å². The summed E-state index contributed by atoms with van der Waals surface area (Å²) in [5.41, 5.74) is 5.08. The van der Waals surface area contributed by atoms with Crippen LogP contribution >= 0.6 is 0 Å². The highest BCUT2D eigenvalue weighted by Gasteiger charge is 2.27. The minimum atomic E-state index is -0.721. The highest BCUT2D eigenvalue weighted by molar-refractivity contribution is 7.91. The fourth-order valence-electron chi connectivity index (χ4n) is 5.19. The van der Waals surface area contributed by atoms with E-state index >= 15 is 0 Å². The van der Waals surface area contributed by atoms with Gasteiger partial charge in [0.05, 0.1) is 11.0 Å².